The molecule has 0 fully saturated rings. The molecule has 1 heterocycles. The Morgan fingerprint density at radius 3 is 2.27 bits per heavy atom. The maximum absolute atomic E-state index is 9.44. The molecule has 0 bridgehead atoms. The largest absolute Gasteiger partial charge is 0.497 e. The predicted octanol–water partition coefficient (Wildman–Crippen LogP) is 6.11. The van der Waals surface area contributed by atoms with Gasteiger partial charge in [0.1, 0.15) is 24.2 Å². The lowest BCUT2D eigenvalue weighted by atomic mass is 10.1. The van der Waals surface area contributed by atoms with Gasteiger partial charge >= 0.3 is 0 Å². The van der Waals surface area contributed by atoms with Gasteiger partial charge in [-0.1, -0.05) is 35.9 Å². The summed E-state index contributed by atoms with van der Waals surface area (Å²) < 4.78 is 16.8. The summed E-state index contributed by atoms with van der Waals surface area (Å²) in [6.07, 6.45) is 0.768. The molecule has 0 spiro atoms. The Hall–Kier alpha value is -3.95. The highest BCUT2D eigenvalue weighted by Gasteiger charge is 2.14. The van der Waals surface area contributed by atoms with Gasteiger partial charge in [-0.2, -0.15) is 10.2 Å². The van der Waals surface area contributed by atoms with E-state index in [2.05, 4.69) is 16.4 Å². The summed E-state index contributed by atoms with van der Waals surface area (Å²) in [4.78, 5) is 4.32. The van der Waals surface area contributed by atoms with Gasteiger partial charge < -0.3 is 19.2 Å². The number of benzene rings is 3. The van der Waals surface area contributed by atoms with E-state index in [1.807, 2.05) is 72.8 Å². The average molecular weight is 460 g/mol. The SMILES string of the molecule is COc1ccc(CCNc2oc(-c3ccc(OCc4ccc(Cl)cc4)cc3)nc2C#N)cc1. The van der Waals surface area contributed by atoms with E-state index in [-0.39, 0.29) is 5.69 Å². The summed E-state index contributed by atoms with van der Waals surface area (Å²) in [7, 11) is 1.64. The van der Waals surface area contributed by atoms with Gasteiger partial charge in [-0.3, -0.25) is 0 Å². The summed E-state index contributed by atoms with van der Waals surface area (Å²) >= 11 is 5.91. The lowest BCUT2D eigenvalue weighted by Crippen LogP contribution is -2.05. The lowest BCUT2D eigenvalue weighted by molar-refractivity contribution is 0.306. The molecule has 4 rings (SSSR count). The zero-order valence-corrected chi connectivity index (χ0v) is 18.8. The molecule has 0 aliphatic heterocycles. The van der Waals surface area contributed by atoms with Crippen LogP contribution in [0.2, 0.25) is 5.02 Å². The molecule has 7 heteroatoms. The van der Waals surface area contributed by atoms with E-state index < -0.39 is 0 Å². The summed E-state index contributed by atoms with van der Waals surface area (Å²) in [6.45, 7) is 1.05. The highest BCUT2D eigenvalue weighted by Crippen LogP contribution is 2.27. The van der Waals surface area contributed by atoms with E-state index >= 15 is 0 Å². The zero-order valence-electron chi connectivity index (χ0n) is 18.0. The van der Waals surface area contributed by atoms with Crippen LogP contribution in [0.4, 0.5) is 5.88 Å². The molecule has 0 radical (unpaired) electrons. The van der Waals surface area contributed by atoms with Crippen LogP contribution in [0.25, 0.3) is 11.5 Å². The number of anilines is 1. The first-order valence-corrected chi connectivity index (χ1v) is 10.8. The van der Waals surface area contributed by atoms with Gasteiger partial charge in [-0.05, 0) is 66.1 Å². The molecule has 0 atom stereocenters. The molecule has 4 aromatic rings. The van der Waals surface area contributed by atoms with Crippen LogP contribution < -0.4 is 14.8 Å². The first kappa shape index (κ1) is 22.3. The molecule has 1 N–H and O–H groups in total. The van der Waals surface area contributed by atoms with Crippen LogP contribution in [-0.4, -0.2) is 18.6 Å². The minimum atomic E-state index is 0.225. The average Bonchev–Trinajstić information content (AvgIpc) is 3.27. The second kappa shape index (κ2) is 10.6. The van der Waals surface area contributed by atoms with Crippen molar-refractivity contribution in [3.63, 3.8) is 0 Å². The van der Waals surface area contributed by atoms with E-state index in [1.54, 1.807) is 7.11 Å². The van der Waals surface area contributed by atoms with Crippen molar-refractivity contribution < 1.29 is 13.9 Å². The fourth-order valence-electron chi connectivity index (χ4n) is 3.19. The highest BCUT2D eigenvalue weighted by atomic mass is 35.5. The third kappa shape index (κ3) is 5.85. The fraction of sp³-hybridized carbons (Fsp3) is 0.154. The number of nitrogens with zero attached hydrogens (tertiary/aromatic N) is 2. The molecule has 0 aliphatic rings. The third-order valence-electron chi connectivity index (χ3n) is 5.01. The monoisotopic (exact) mass is 459 g/mol. The van der Waals surface area contributed by atoms with E-state index in [1.165, 1.54) is 0 Å². The van der Waals surface area contributed by atoms with Crippen LogP contribution in [0, 0.1) is 11.3 Å². The Morgan fingerprint density at radius 1 is 0.939 bits per heavy atom. The van der Waals surface area contributed by atoms with Crippen LogP contribution in [-0.2, 0) is 13.0 Å². The number of hydrogen-bond acceptors (Lipinski definition) is 6. The first-order valence-electron chi connectivity index (χ1n) is 10.4. The van der Waals surface area contributed by atoms with Crippen LogP contribution in [0.5, 0.6) is 11.5 Å². The van der Waals surface area contributed by atoms with Gasteiger partial charge in [0.15, 0.2) is 0 Å². The fourth-order valence-corrected chi connectivity index (χ4v) is 3.32. The zero-order chi connectivity index (χ0) is 23.0. The molecule has 166 valence electrons. The lowest BCUT2D eigenvalue weighted by Gasteiger charge is -2.07. The summed E-state index contributed by atoms with van der Waals surface area (Å²) in [5.74, 6) is 2.28. The smallest absolute Gasteiger partial charge is 0.232 e. The second-order valence-electron chi connectivity index (χ2n) is 7.27. The Kier molecular flexibility index (Phi) is 7.13. The van der Waals surface area contributed by atoms with Crippen molar-refractivity contribution >= 4 is 17.5 Å². The number of halogens is 1. The number of oxazole rings is 1. The van der Waals surface area contributed by atoms with Gasteiger partial charge in [0.25, 0.3) is 0 Å². The Balaban J connectivity index is 1.36. The van der Waals surface area contributed by atoms with Crippen molar-refractivity contribution in [1.29, 1.82) is 5.26 Å². The molecule has 6 nitrogen and oxygen atoms in total. The van der Waals surface area contributed by atoms with Crippen molar-refractivity contribution in [2.75, 3.05) is 19.0 Å². The summed E-state index contributed by atoms with van der Waals surface area (Å²) in [5, 5.41) is 13.3. The van der Waals surface area contributed by atoms with Crippen LogP contribution >= 0.6 is 11.6 Å². The standard InChI is InChI=1S/C26H22ClN3O3/c1-31-22-10-4-18(5-11-22)14-15-29-26-24(16-28)30-25(33-26)20-6-12-23(13-7-20)32-17-19-2-8-21(27)9-3-19/h2-13,29H,14-15,17H2,1H3. The van der Waals surface area contributed by atoms with Crippen molar-refractivity contribution in [2.45, 2.75) is 13.0 Å². The molecule has 1 aromatic heterocycles. The molecule has 0 unspecified atom stereocenters. The number of methoxy groups -OCH3 is 1. The Bertz CT molecular complexity index is 1230. The van der Waals surface area contributed by atoms with Gasteiger partial charge in [-0.15, -0.1) is 0 Å². The summed E-state index contributed by atoms with van der Waals surface area (Å²) in [6, 6.07) is 24.9. The molecule has 0 aliphatic carbocycles. The van der Waals surface area contributed by atoms with E-state index in [0.717, 1.165) is 34.6 Å². The van der Waals surface area contributed by atoms with Crippen LogP contribution in [0.1, 0.15) is 16.8 Å². The highest BCUT2D eigenvalue weighted by molar-refractivity contribution is 6.30. The Labute approximate surface area is 197 Å². The number of nitriles is 1. The number of hydrogen-bond donors (Lipinski definition) is 1. The molecule has 3 aromatic carbocycles. The second-order valence-corrected chi connectivity index (χ2v) is 7.71. The molecule has 0 saturated carbocycles. The van der Waals surface area contributed by atoms with Crippen molar-refractivity contribution in [1.82, 2.24) is 4.98 Å². The minimum absolute atomic E-state index is 0.225. The third-order valence-corrected chi connectivity index (χ3v) is 5.26. The molecular weight excluding hydrogens is 438 g/mol. The van der Waals surface area contributed by atoms with E-state index in [0.29, 0.717) is 29.9 Å². The van der Waals surface area contributed by atoms with Gasteiger partial charge in [-0.25, -0.2) is 0 Å². The van der Waals surface area contributed by atoms with E-state index in [4.69, 9.17) is 25.5 Å². The topological polar surface area (TPSA) is 80.3 Å². The van der Waals surface area contributed by atoms with Crippen molar-refractivity contribution in [3.8, 4) is 29.0 Å². The predicted molar refractivity (Wildman–Crippen MR) is 128 cm³/mol. The molecule has 33 heavy (non-hydrogen) atoms. The van der Waals surface area contributed by atoms with Crippen LogP contribution in [0.3, 0.4) is 0 Å². The minimum Gasteiger partial charge on any atom is -0.497 e. The van der Waals surface area contributed by atoms with Gasteiger partial charge in [0.2, 0.25) is 17.5 Å². The number of nitrogens with one attached hydrogen (secondary N) is 1. The molecular formula is C26H22ClN3O3. The molecule has 0 amide bonds. The van der Waals surface area contributed by atoms with Crippen molar-refractivity contribution in [3.05, 3.63) is 94.6 Å². The summed E-state index contributed by atoms with van der Waals surface area (Å²) in [5.41, 5.74) is 3.16. The number of aromatic nitrogens is 1. The molecule has 0 saturated heterocycles. The maximum atomic E-state index is 9.44. The van der Waals surface area contributed by atoms with Crippen molar-refractivity contribution in [2.24, 2.45) is 0 Å². The van der Waals surface area contributed by atoms with E-state index in [9.17, 15) is 5.26 Å². The number of ether oxygens (including phenoxy) is 2. The first-order chi connectivity index (χ1) is 16.1. The normalized spacial score (nSPS) is 10.5. The number of rotatable bonds is 9. The quantitative estimate of drug-likeness (QED) is 0.325. The Morgan fingerprint density at radius 2 is 1.61 bits per heavy atom. The van der Waals surface area contributed by atoms with Crippen LogP contribution in [0.15, 0.2) is 77.2 Å². The van der Waals surface area contributed by atoms with Gasteiger partial charge in [0, 0.05) is 17.1 Å². The van der Waals surface area contributed by atoms with Gasteiger partial charge in [0.05, 0.1) is 7.11 Å². The maximum Gasteiger partial charge on any atom is 0.232 e.